The smallest absolute Gasteiger partial charge is 0.234 e. The molecule has 2 aromatic heterocycles. The van der Waals surface area contributed by atoms with Gasteiger partial charge in [-0.15, -0.1) is 11.3 Å². The van der Waals surface area contributed by atoms with E-state index in [-0.39, 0.29) is 5.91 Å². The van der Waals surface area contributed by atoms with E-state index in [1.807, 2.05) is 0 Å². The SMILES string of the molecule is CCCCNC(=O)CN1CCN(c2ncnc3sccc23)CC1. The van der Waals surface area contributed by atoms with Gasteiger partial charge >= 0.3 is 0 Å². The molecule has 0 unspecified atom stereocenters. The number of carbonyl (C=O) groups excluding carboxylic acids is 1. The number of aromatic nitrogens is 2. The largest absolute Gasteiger partial charge is 0.355 e. The number of piperazine rings is 1. The molecule has 1 N–H and O–H groups in total. The van der Waals surface area contributed by atoms with Crippen LogP contribution in [0.1, 0.15) is 19.8 Å². The van der Waals surface area contributed by atoms with E-state index in [1.54, 1.807) is 17.7 Å². The van der Waals surface area contributed by atoms with Gasteiger partial charge in [-0.05, 0) is 17.9 Å². The molecule has 124 valence electrons. The van der Waals surface area contributed by atoms with Crippen LogP contribution in [-0.4, -0.2) is 60.0 Å². The van der Waals surface area contributed by atoms with Crippen molar-refractivity contribution in [3.05, 3.63) is 17.8 Å². The van der Waals surface area contributed by atoms with E-state index in [1.165, 1.54) is 0 Å². The number of nitrogens with zero attached hydrogens (tertiary/aromatic N) is 4. The van der Waals surface area contributed by atoms with Crippen LogP contribution in [0.5, 0.6) is 0 Å². The average molecular weight is 333 g/mol. The summed E-state index contributed by atoms with van der Waals surface area (Å²) in [5, 5.41) is 6.16. The zero-order valence-corrected chi connectivity index (χ0v) is 14.3. The minimum absolute atomic E-state index is 0.133. The summed E-state index contributed by atoms with van der Waals surface area (Å²) in [7, 11) is 0. The summed E-state index contributed by atoms with van der Waals surface area (Å²) in [6, 6.07) is 2.09. The molecule has 23 heavy (non-hydrogen) atoms. The van der Waals surface area contributed by atoms with Gasteiger partial charge in [0.25, 0.3) is 0 Å². The summed E-state index contributed by atoms with van der Waals surface area (Å²) in [5.41, 5.74) is 0. The highest BCUT2D eigenvalue weighted by molar-refractivity contribution is 7.16. The van der Waals surface area contributed by atoms with Crippen molar-refractivity contribution in [3.8, 4) is 0 Å². The third-order valence-electron chi connectivity index (χ3n) is 4.13. The Morgan fingerprint density at radius 1 is 1.30 bits per heavy atom. The van der Waals surface area contributed by atoms with Crippen molar-refractivity contribution in [1.29, 1.82) is 0 Å². The first-order valence-corrected chi connectivity index (χ1v) is 9.08. The number of fused-ring (bicyclic) bond motifs is 1. The van der Waals surface area contributed by atoms with Crippen molar-refractivity contribution in [3.63, 3.8) is 0 Å². The van der Waals surface area contributed by atoms with Gasteiger partial charge in [-0.25, -0.2) is 9.97 Å². The molecule has 0 bridgehead atoms. The highest BCUT2D eigenvalue weighted by Crippen LogP contribution is 2.27. The summed E-state index contributed by atoms with van der Waals surface area (Å²) < 4.78 is 0. The number of amides is 1. The van der Waals surface area contributed by atoms with Crippen LogP contribution in [-0.2, 0) is 4.79 Å². The molecular formula is C16H23N5OS. The Morgan fingerprint density at radius 2 is 2.13 bits per heavy atom. The third-order valence-corrected chi connectivity index (χ3v) is 4.95. The zero-order valence-electron chi connectivity index (χ0n) is 13.5. The van der Waals surface area contributed by atoms with E-state index in [0.717, 1.165) is 61.6 Å². The van der Waals surface area contributed by atoms with Crippen LogP contribution in [0.25, 0.3) is 10.2 Å². The van der Waals surface area contributed by atoms with E-state index in [2.05, 4.69) is 43.5 Å². The highest BCUT2D eigenvalue weighted by Gasteiger charge is 2.21. The van der Waals surface area contributed by atoms with Gasteiger partial charge in [0.2, 0.25) is 5.91 Å². The van der Waals surface area contributed by atoms with Gasteiger partial charge in [0.15, 0.2) is 0 Å². The molecular weight excluding hydrogens is 310 g/mol. The number of rotatable bonds is 6. The second-order valence-corrected chi connectivity index (χ2v) is 6.70. The van der Waals surface area contributed by atoms with Gasteiger partial charge in [-0.3, -0.25) is 9.69 Å². The van der Waals surface area contributed by atoms with Gasteiger partial charge in [-0.2, -0.15) is 0 Å². The summed E-state index contributed by atoms with van der Waals surface area (Å²) in [6.07, 6.45) is 3.79. The number of hydrogen-bond donors (Lipinski definition) is 1. The maximum atomic E-state index is 11.9. The fourth-order valence-electron chi connectivity index (χ4n) is 2.81. The molecule has 6 nitrogen and oxygen atoms in total. The summed E-state index contributed by atoms with van der Waals surface area (Å²) >= 11 is 1.64. The van der Waals surface area contributed by atoms with E-state index < -0.39 is 0 Å². The summed E-state index contributed by atoms with van der Waals surface area (Å²) in [6.45, 7) is 6.96. The molecule has 7 heteroatoms. The van der Waals surface area contributed by atoms with Gasteiger partial charge in [-0.1, -0.05) is 13.3 Å². The second kappa shape index (κ2) is 7.70. The van der Waals surface area contributed by atoms with Gasteiger partial charge < -0.3 is 10.2 Å². The number of thiophene rings is 1. The van der Waals surface area contributed by atoms with Crippen LogP contribution >= 0.6 is 11.3 Å². The molecule has 1 fully saturated rings. The van der Waals surface area contributed by atoms with Crippen LogP contribution in [0.4, 0.5) is 5.82 Å². The molecule has 1 amide bonds. The number of anilines is 1. The van der Waals surface area contributed by atoms with Gasteiger partial charge in [0.05, 0.1) is 11.9 Å². The molecule has 0 saturated carbocycles. The van der Waals surface area contributed by atoms with Crippen LogP contribution in [0, 0.1) is 0 Å². The number of nitrogens with one attached hydrogen (secondary N) is 1. The standard InChI is InChI=1S/C16H23N5OS/c1-2-3-5-17-14(22)11-20-6-8-21(9-7-20)15-13-4-10-23-16(13)19-12-18-15/h4,10,12H,2-3,5-9,11H2,1H3,(H,17,22). The summed E-state index contributed by atoms with van der Waals surface area (Å²) in [5.74, 6) is 1.15. The number of unbranched alkanes of at least 4 members (excludes halogenated alkanes) is 1. The zero-order chi connectivity index (χ0) is 16.1. The van der Waals surface area contributed by atoms with E-state index >= 15 is 0 Å². The molecule has 3 rings (SSSR count). The molecule has 1 aliphatic heterocycles. The van der Waals surface area contributed by atoms with Gasteiger partial charge in [0, 0.05) is 32.7 Å². The Balaban J connectivity index is 1.52. The Labute approximate surface area is 140 Å². The Morgan fingerprint density at radius 3 is 2.91 bits per heavy atom. The summed E-state index contributed by atoms with van der Waals surface area (Å²) in [4.78, 5) is 26.2. The minimum atomic E-state index is 0.133. The van der Waals surface area contributed by atoms with Crippen molar-refractivity contribution in [2.45, 2.75) is 19.8 Å². The lowest BCUT2D eigenvalue weighted by Gasteiger charge is -2.35. The lowest BCUT2D eigenvalue weighted by molar-refractivity contribution is -0.122. The monoisotopic (exact) mass is 333 g/mol. The van der Waals surface area contributed by atoms with Crippen LogP contribution in [0.3, 0.4) is 0 Å². The van der Waals surface area contributed by atoms with Crippen LogP contribution in [0.15, 0.2) is 17.8 Å². The van der Waals surface area contributed by atoms with E-state index in [4.69, 9.17) is 0 Å². The fraction of sp³-hybridized carbons (Fsp3) is 0.562. The third kappa shape index (κ3) is 3.97. The molecule has 2 aromatic rings. The second-order valence-electron chi connectivity index (χ2n) is 5.80. The topological polar surface area (TPSA) is 61.4 Å². The predicted octanol–water partition coefficient (Wildman–Crippen LogP) is 1.73. The Hall–Kier alpha value is -1.73. The first-order valence-electron chi connectivity index (χ1n) is 8.20. The van der Waals surface area contributed by atoms with Crippen LogP contribution in [0.2, 0.25) is 0 Å². The molecule has 0 atom stereocenters. The molecule has 0 aromatic carbocycles. The Bertz CT molecular complexity index is 651. The maximum Gasteiger partial charge on any atom is 0.234 e. The first-order chi connectivity index (χ1) is 11.3. The lowest BCUT2D eigenvalue weighted by Crippen LogP contribution is -2.49. The average Bonchev–Trinajstić information content (AvgIpc) is 3.04. The molecule has 1 saturated heterocycles. The molecule has 1 aliphatic rings. The van der Waals surface area contributed by atoms with Crippen molar-refractivity contribution < 1.29 is 4.79 Å². The molecule has 0 radical (unpaired) electrons. The number of carbonyl (C=O) groups is 1. The molecule has 0 aliphatic carbocycles. The lowest BCUT2D eigenvalue weighted by atomic mass is 10.2. The Kier molecular flexibility index (Phi) is 5.40. The minimum Gasteiger partial charge on any atom is -0.355 e. The van der Waals surface area contributed by atoms with E-state index in [9.17, 15) is 4.79 Å². The highest BCUT2D eigenvalue weighted by atomic mass is 32.1. The predicted molar refractivity (Wildman–Crippen MR) is 94.0 cm³/mol. The van der Waals surface area contributed by atoms with E-state index in [0.29, 0.717) is 6.54 Å². The first kappa shape index (κ1) is 16.1. The fourth-order valence-corrected chi connectivity index (χ4v) is 3.54. The van der Waals surface area contributed by atoms with Crippen LogP contribution < -0.4 is 10.2 Å². The maximum absolute atomic E-state index is 11.9. The van der Waals surface area contributed by atoms with Gasteiger partial charge in [0.1, 0.15) is 17.0 Å². The van der Waals surface area contributed by atoms with Crippen molar-refractivity contribution >= 4 is 33.3 Å². The molecule has 0 spiro atoms. The molecule has 3 heterocycles. The quantitative estimate of drug-likeness (QED) is 0.816. The normalized spacial score (nSPS) is 16.0. The van der Waals surface area contributed by atoms with Crippen molar-refractivity contribution in [2.75, 3.05) is 44.2 Å². The number of hydrogen-bond acceptors (Lipinski definition) is 6. The van der Waals surface area contributed by atoms with Crippen molar-refractivity contribution in [2.24, 2.45) is 0 Å². The van der Waals surface area contributed by atoms with Crippen molar-refractivity contribution in [1.82, 2.24) is 20.2 Å².